The van der Waals surface area contributed by atoms with Gasteiger partial charge in [0.1, 0.15) is 0 Å². The summed E-state index contributed by atoms with van der Waals surface area (Å²) in [6, 6.07) is 11.0. The summed E-state index contributed by atoms with van der Waals surface area (Å²) in [5.74, 6) is 0. The van der Waals surface area contributed by atoms with Crippen molar-refractivity contribution in [1.82, 2.24) is 0 Å². The third-order valence-corrected chi connectivity index (χ3v) is 5.20. The normalized spacial score (nSPS) is 15.7. The lowest BCUT2D eigenvalue weighted by Gasteiger charge is -2.11. The maximum atomic E-state index is 6.37. The van der Waals surface area contributed by atoms with E-state index in [4.69, 9.17) is 5.73 Å². The van der Waals surface area contributed by atoms with Crippen LogP contribution in [0.1, 0.15) is 38.9 Å². The zero-order valence-electron chi connectivity index (χ0n) is 10.8. The van der Waals surface area contributed by atoms with Gasteiger partial charge in [0.2, 0.25) is 0 Å². The third kappa shape index (κ3) is 2.23. The Labute approximate surface area is 113 Å². The van der Waals surface area contributed by atoms with Gasteiger partial charge in [-0.15, -0.1) is 11.3 Å². The Balaban J connectivity index is 1.78. The largest absolute Gasteiger partial charge is 0.323 e. The predicted molar refractivity (Wildman–Crippen MR) is 78.2 cm³/mol. The number of hydrogen-bond donors (Lipinski definition) is 1. The molecule has 2 heteroatoms. The summed E-state index contributed by atoms with van der Waals surface area (Å²) in [6.07, 6.45) is 4.79. The van der Waals surface area contributed by atoms with Gasteiger partial charge >= 0.3 is 0 Å². The van der Waals surface area contributed by atoms with Crippen molar-refractivity contribution in [3.05, 3.63) is 56.8 Å². The fourth-order valence-corrected chi connectivity index (χ4v) is 3.97. The van der Waals surface area contributed by atoms with E-state index in [0.29, 0.717) is 0 Å². The molecule has 0 spiro atoms. The second-order valence-corrected chi connectivity index (χ2v) is 6.36. The van der Waals surface area contributed by atoms with Crippen molar-refractivity contribution < 1.29 is 0 Å². The molecule has 1 atom stereocenters. The Morgan fingerprint density at radius 3 is 2.89 bits per heavy atom. The Morgan fingerprint density at radius 1 is 1.28 bits per heavy atom. The Morgan fingerprint density at radius 2 is 2.11 bits per heavy atom. The molecule has 1 heterocycles. The van der Waals surface area contributed by atoms with Gasteiger partial charge in [-0.2, -0.15) is 0 Å². The van der Waals surface area contributed by atoms with Crippen molar-refractivity contribution in [3.8, 4) is 0 Å². The minimum Gasteiger partial charge on any atom is -0.323 e. The van der Waals surface area contributed by atoms with E-state index in [9.17, 15) is 0 Å². The van der Waals surface area contributed by atoms with Crippen LogP contribution in [0.5, 0.6) is 0 Å². The molecule has 1 aromatic heterocycles. The zero-order chi connectivity index (χ0) is 12.5. The minimum atomic E-state index is 0.154. The lowest BCUT2D eigenvalue weighted by Crippen LogP contribution is -2.12. The number of fused-ring (bicyclic) bond motifs is 1. The van der Waals surface area contributed by atoms with Crippen molar-refractivity contribution in [2.75, 3.05) is 0 Å². The van der Waals surface area contributed by atoms with Crippen molar-refractivity contribution in [3.63, 3.8) is 0 Å². The topological polar surface area (TPSA) is 26.0 Å². The highest BCUT2D eigenvalue weighted by Crippen LogP contribution is 2.34. The summed E-state index contributed by atoms with van der Waals surface area (Å²) in [5.41, 5.74) is 10.6. The average molecular weight is 257 g/mol. The van der Waals surface area contributed by atoms with Crippen LogP contribution >= 0.6 is 11.3 Å². The molecule has 0 saturated carbocycles. The molecule has 2 aromatic rings. The van der Waals surface area contributed by atoms with Crippen LogP contribution in [0.3, 0.4) is 0 Å². The van der Waals surface area contributed by atoms with Gasteiger partial charge in [0.15, 0.2) is 0 Å². The first kappa shape index (κ1) is 11.9. The van der Waals surface area contributed by atoms with E-state index >= 15 is 0 Å². The maximum absolute atomic E-state index is 6.37. The summed E-state index contributed by atoms with van der Waals surface area (Å²) in [5, 5.41) is 0. The molecule has 1 unspecified atom stereocenters. The van der Waals surface area contributed by atoms with Crippen molar-refractivity contribution in [1.29, 1.82) is 0 Å². The van der Waals surface area contributed by atoms with E-state index in [1.54, 1.807) is 10.4 Å². The lowest BCUT2D eigenvalue weighted by atomic mass is 10.0. The van der Waals surface area contributed by atoms with Gasteiger partial charge in [-0.05, 0) is 55.4 Å². The molecule has 1 aliphatic carbocycles. The van der Waals surface area contributed by atoms with E-state index in [1.165, 1.54) is 35.3 Å². The Hall–Kier alpha value is -1.12. The van der Waals surface area contributed by atoms with Gasteiger partial charge in [0.05, 0.1) is 0 Å². The number of nitrogens with two attached hydrogens (primary N) is 1. The number of rotatable bonds is 3. The van der Waals surface area contributed by atoms with Gasteiger partial charge < -0.3 is 5.73 Å². The Kier molecular flexibility index (Phi) is 3.23. The first-order valence-electron chi connectivity index (χ1n) is 6.65. The molecule has 94 valence electrons. The van der Waals surface area contributed by atoms with E-state index in [2.05, 4.69) is 37.3 Å². The molecule has 0 fully saturated rings. The van der Waals surface area contributed by atoms with Crippen LogP contribution in [0.25, 0.3) is 0 Å². The van der Waals surface area contributed by atoms with Crippen LogP contribution in [0.15, 0.2) is 30.3 Å². The van der Waals surface area contributed by atoms with Crippen LogP contribution in [-0.4, -0.2) is 0 Å². The molecule has 0 aliphatic heterocycles. The van der Waals surface area contributed by atoms with Crippen molar-refractivity contribution in [2.24, 2.45) is 5.73 Å². The third-order valence-electron chi connectivity index (χ3n) is 3.83. The number of thiophene rings is 1. The molecule has 0 saturated heterocycles. The second-order valence-electron chi connectivity index (χ2n) is 5.19. The monoisotopic (exact) mass is 257 g/mol. The summed E-state index contributed by atoms with van der Waals surface area (Å²) >= 11 is 1.93. The van der Waals surface area contributed by atoms with Crippen LogP contribution in [0, 0.1) is 6.92 Å². The van der Waals surface area contributed by atoms with E-state index in [-0.39, 0.29) is 6.04 Å². The molecule has 0 amide bonds. The smallest absolute Gasteiger partial charge is 0.0430 e. The minimum absolute atomic E-state index is 0.154. The van der Waals surface area contributed by atoms with Crippen LogP contribution < -0.4 is 5.73 Å². The van der Waals surface area contributed by atoms with E-state index < -0.39 is 0 Å². The summed E-state index contributed by atoms with van der Waals surface area (Å²) in [6.45, 7) is 2.16. The molecular formula is C16H19NS. The molecular weight excluding hydrogens is 238 g/mol. The molecule has 1 aliphatic rings. The number of aryl methyl sites for hydroxylation is 3. The van der Waals surface area contributed by atoms with Gasteiger partial charge in [0, 0.05) is 15.8 Å². The maximum Gasteiger partial charge on any atom is 0.0430 e. The van der Waals surface area contributed by atoms with Crippen LogP contribution in [-0.2, 0) is 19.3 Å². The van der Waals surface area contributed by atoms with Gasteiger partial charge in [0.25, 0.3) is 0 Å². The summed E-state index contributed by atoms with van der Waals surface area (Å²) < 4.78 is 0. The average Bonchev–Trinajstić information content (AvgIpc) is 2.92. The zero-order valence-corrected chi connectivity index (χ0v) is 11.6. The quantitative estimate of drug-likeness (QED) is 0.889. The highest BCUT2D eigenvalue weighted by atomic mass is 32.1. The fraction of sp³-hybridized carbons (Fsp3) is 0.375. The first-order valence-corrected chi connectivity index (χ1v) is 7.47. The highest BCUT2D eigenvalue weighted by Gasteiger charge is 2.18. The molecule has 1 nitrogen and oxygen atoms in total. The molecule has 18 heavy (non-hydrogen) atoms. The lowest BCUT2D eigenvalue weighted by molar-refractivity contribution is 0.732. The van der Waals surface area contributed by atoms with Crippen LogP contribution in [0.4, 0.5) is 0 Å². The first-order chi connectivity index (χ1) is 8.74. The van der Waals surface area contributed by atoms with Crippen molar-refractivity contribution >= 4 is 11.3 Å². The SMILES string of the molecule is Cc1ccccc1CC(N)c1cc2c(s1)CCC2. The molecule has 3 rings (SSSR count). The number of hydrogen-bond acceptors (Lipinski definition) is 2. The highest BCUT2D eigenvalue weighted by molar-refractivity contribution is 7.12. The Bertz CT molecular complexity index is 534. The molecule has 0 radical (unpaired) electrons. The summed E-state index contributed by atoms with van der Waals surface area (Å²) in [4.78, 5) is 2.94. The van der Waals surface area contributed by atoms with E-state index in [1.807, 2.05) is 11.3 Å². The fourth-order valence-electron chi connectivity index (χ4n) is 2.71. The van der Waals surface area contributed by atoms with Crippen LogP contribution in [0.2, 0.25) is 0 Å². The van der Waals surface area contributed by atoms with Gasteiger partial charge in [-0.25, -0.2) is 0 Å². The standard InChI is InChI=1S/C16H19NS/c1-11-5-2-3-6-12(11)9-14(17)16-10-13-7-4-8-15(13)18-16/h2-3,5-6,10,14H,4,7-9,17H2,1H3. The van der Waals surface area contributed by atoms with Crippen molar-refractivity contribution in [2.45, 2.75) is 38.6 Å². The van der Waals surface area contributed by atoms with Gasteiger partial charge in [-0.3, -0.25) is 0 Å². The van der Waals surface area contributed by atoms with E-state index in [0.717, 1.165) is 6.42 Å². The summed E-state index contributed by atoms with van der Waals surface area (Å²) in [7, 11) is 0. The predicted octanol–water partition coefficient (Wildman–Crippen LogP) is 3.79. The molecule has 0 bridgehead atoms. The molecule has 1 aromatic carbocycles. The molecule has 2 N–H and O–H groups in total. The second kappa shape index (κ2) is 4.87. The number of benzene rings is 1. The van der Waals surface area contributed by atoms with Gasteiger partial charge in [-0.1, -0.05) is 24.3 Å².